The molecule has 120 valence electrons. The number of carbonyl (C=O) groups excluding carboxylic acids is 1. The summed E-state index contributed by atoms with van der Waals surface area (Å²) in [6, 6.07) is 29.8. The van der Waals surface area contributed by atoms with E-state index in [0.29, 0.717) is 5.56 Å². The van der Waals surface area contributed by atoms with Gasteiger partial charge in [0.15, 0.2) is 5.78 Å². The van der Waals surface area contributed by atoms with Gasteiger partial charge in [0, 0.05) is 21.2 Å². The van der Waals surface area contributed by atoms with Gasteiger partial charge in [-0.2, -0.15) is 0 Å². The summed E-state index contributed by atoms with van der Waals surface area (Å²) >= 11 is 3.50. The van der Waals surface area contributed by atoms with Crippen LogP contribution in [0.4, 0.5) is 0 Å². The highest BCUT2D eigenvalue weighted by Crippen LogP contribution is 2.34. The molecule has 0 unspecified atom stereocenters. The fourth-order valence-corrected chi connectivity index (χ4v) is 3.63. The Bertz CT molecular complexity index is 1070. The third-order valence-corrected chi connectivity index (χ3v) is 5.05. The van der Waals surface area contributed by atoms with Crippen LogP contribution in [0.1, 0.15) is 15.9 Å². The lowest BCUT2D eigenvalue weighted by molar-refractivity contribution is 0.103. The van der Waals surface area contributed by atoms with E-state index >= 15 is 0 Å². The van der Waals surface area contributed by atoms with Crippen LogP contribution in [0.25, 0.3) is 21.9 Å². The van der Waals surface area contributed by atoms with Gasteiger partial charge >= 0.3 is 0 Å². The van der Waals surface area contributed by atoms with Crippen molar-refractivity contribution in [3.8, 4) is 11.1 Å². The molecule has 0 N–H and O–H groups in total. The molecule has 25 heavy (non-hydrogen) atoms. The molecule has 0 bridgehead atoms. The molecule has 0 heterocycles. The molecule has 0 amide bonds. The van der Waals surface area contributed by atoms with Crippen LogP contribution in [0.3, 0.4) is 0 Å². The Labute approximate surface area is 155 Å². The minimum Gasteiger partial charge on any atom is -0.289 e. The predicted octanol–water partition coefficient (Wildman–Crippen LogP) is 6.50. The Balaban J connectivity index is 2.02. The highest BCUT2D eigenvalue weighted by molar-refractivity contribution is 9.10. The maximum Gasteiger partial charge on any atom is 0.194 e. The van der Waals surface area contributed by atoms with E-state index in [9.17, 15) is 4.79 Å². The van der Waals surface area contributed by atoms with E-state index < -0.39 is 0 Å². The van der Waals surface area contributed by atoms with Gasteiger partial charge in [0.1, 0.15) is 0 Å². The monoisotopic (exact) mass is 386 g/mol. The third-order valence-electron chi connectivity index (χ3n) is 4.35. The second kappa shape index (κ2) is 6.66. The van der Waals surface area contributed by atoms with Crippen molar-refractivity contribution in [2.45, 2.75) is 0 Å². The van der Waals surface area contributed by atoms with E-state index in [2.05, 4.69) is 40.2 Å². The van der Waals surface area contributed by atoms with E-state index in [1.807, 2.05) is 66.7 Å². The molecule has 0 atom stereocenters. The number of carbonyl (C=O) groups is 1. The lowest BCUT2D eigenvalue weighted by atomic mass is 9.89. The number of fused-ring (bicyclic) bond motifs is 1. The van der Waals surface area contributed by atoms with Gasteiger partial charge in [-0.05, 0) is 34.5 Å². The minimum absolute atomic E-state index is 0.0251. The molecule has 4 aromatic carbocycles. The largest absolute Gasteiger partial charge is 0.289 e. The Hall–Kier alpha value is -2.71. The zero-order valence-corrected chi connectivity index (χ0v) is 15.0. The molecule has 0 fully saturated rings. The number of rotatable bonds is 3. The summed E-state index contributed by atoms with van der Waals surface area (Å²) in [5.74, 6) is 0.0251. The first-order chi connectivity index (χ1) is 12.3. The zero-order chi connectivity index (χ0) is 17.2. The number of halogens is 1. The smallest absolute Gasteiger partial charge is 0.194 e. The highest BCUT2D eigenvalue weighted by atomic mass is 79.9. The molecular weight excluding hydrogens is 372 g/mol. The van der Waals surface area contributed by atoms with Gasteiger partial charge in [-0.15, -0.1) is 0 Å². The molecular formula is C23H15BrO. The average Bonchev–Trinajstić information content (AvgIpc) is 2.67. The van der Waals surface area contributed by atoms with Crippen LogP contribution in [0.2, 0.25) is 0 Å². The van der Waals surface area contributed by atoms with Gasteiger partial charge in [0.05, 0.1) is 0 Å². The number of hydrogen-bond acceptors (Lipinski definition) is 1. The molecule has 0 aliphatic heterocycles. The standard InChI is InChI=1S/C23H15BrO/c24-21-13-7-6-12-19(21)23(25)20-15-14-16-8-4-5-11-18(16)22(20)17-9-2-1-3-10-17/h1-15H. The van der Waals surface area contributed by atoms with E-state index in [1.54, 1.807) is 0 Å². The van der Waals surface area contributed by atoms with Crippen molar-refractivity contribution in [1.29, 1.82) is 0 Å². The van der Waals surface area contributed by atoms with Crippen LogP contribution in [-0.4, -0.2) is 5.78 Å². The summed E-state index contributed by atoms with van der Waals surface area (Å²) in [6.45, 7) is 0. The van der Waals surface area contributed by atoms with Crippen molar-refractivity contribution in [3.05, 3.63) is 107 Å². The fourth-order valence-electron chi connectivity index (χ4n) is 3.17. The van der Waals surface area contributed by atoms with E-state index in [1.165, 1.54) is 0 Å². The maximum atomic E-state index is 13.3. The van der Waals surface area contributed by atoms with E-state index in [4.69, 9.17) is 0 Å². The molecule has 4 rings (SSSR count). The topological polar surface area (TPSA) is 17.1 Å². The lowest BCUT2D eigenvalue weighted by Crippen LogP contribution is -2.05. The Kier molecular flexibility index (Phi) is 4.21. The normalized spacial score (nSPS) is 10.8. The van der Waals surface area contributed by atoms with Crippen molar-refractivity contribution in [1.82, 2.24) is 0 Å². The van der Waals surface area contributed by atoms with Gasteiger partial charge in [0.25, 0.3) is 0 Å². The summed E-state index contributed by atoms with van der Waals surface area (Å²) in [5.41, 5.74) is 3.43. The molecule has 0 aliphatic rings. The molecule has 0 saturated carbocycles. The first kappa shape index (κ1) is 15.8. The van der Waals surface area contributed by atoms with Gasteiger partial charge in [-0.1, -0.05) is 88.7 Å². The van der Waals surface area contributed by atoms with Gasteiger partial charge in [0.2, 0.25) is 0 Å². The van der Waals surface area contributed by atoms with Gasteiger partial charge in [-0.25, -0.2) is 0 Å². The van der Waals surface area contributed by atoms with Gasteiger partial charge < -0.3 is 0 Å². The van der Waals surface area contributed by atoms with Crippen LogP contribution >= 0.6 is 15.9 Å². The van der Waals surface area contributed by atoms with Crippen LogP contribution in [0, 0.1) is 0 Å². The first-order valence-electron chi connectivity index (χ1n) is 8.12. The number of benzene rings is 4. The molecule has 0 radical (unpaired) electrons. The molecule has 0 saturated heterocycles. The molecule has 0 spiro atoms. The van der Waals surface area contributed by atoms with Crippen molar-refractivity contribution in [3.63, 3.8) is 0 Å². The highest BCUT2D eigenvalue weighted by Gasteiger charge is 2.18. The van der Waals surface area contributed by atoms with Crippen LogP contribution in [0.15, 0.2) is 95.5 Å². The Morgan fingerprint density at radius 1 is 0.640 bits per heavy atom. The average molecular weight is 387 g/mol. The molecule has 4 aromatic rings. The molecule has 1 nitrogen and oxygen atoms in total. The number of ketones is 1. The van der Waals surface area contributed by atoms with Crippen LogP contribution < -0.4 is 0 Å². The quantitative estimate of drug-likeness (QED) is 0.367. The van der Waals surface area contributed by atoms with Crippen LogP contribution in [-0.2, 0) is 0 Å². The van der Waals surface area contributed by atoms with Crippen molar-refractivity contribution in [2.75, 3.05) is 0 Å². The summed E-state index contributed by atoms with van der Waals surface area (Å²) in [4.78, 5) is 13.3. The lowest BCUT2D eigenvalue weighted by Gasteiger charge is -2.14. The third kappa shape index (κ3) is 2.90. The summed E-state index contributed by atoms with van der Waals surface area (Å²) in [7, 11) is 0. The molecule has 0 aromatic heterocycles. The zero-order valence-electron chi connectivity index (χ0n) is 13.4. The molecule has 0 aliphatic carbocycles. The molecule has 2 heteroatoms. The first-order valence-corrected chi connectivity index (χ1v) is 8.91. The maximum absolute atomic E-state index is 13.3. The van der Waals surface area contributed by atoms with E-state index in [0.717, 1.165) is 31.9 Å². The van der Waals surface area contributed by atoms with Crippen LogP contribution in [0.5, 0.6) is 0 Å². The van der Waals surface area contributed by atoms with Crippen molar-refractivity contribution < 1.29 is 4.79 Å². The fraction of sp³-hybridized carbons (Fsp3) is 0. The summed E-state index contributed by atoms with van der Waals surface area (Å²) in [5, 5.41) is 2.22. The Morgan fingerprint density at radius 3 is 2.12 bits per heavy atom. The Morgan fingerprint density at radius 2 is 1.32 bits per heavy atom. The van der Waals surface area contributed by atoms with Crippen molar-refractivity contribution in [2.24, 2.45) is 0 Å². The summed E-state index contributed by atoms with van der Waals surface area (Å²) in [6.07, 6.45) is 0. The van der Waals surface area contributed by atoms with Crippen molar-refractivity contribution >= 4 is 32.5 Å². The SMILES string of the molecule is O=C(c1ccccc1Br)c1ccc2ccccc2c1-c1ccccc1. The predicted molar refractivity (Wildman–Crippen MR) is 107 cm³/mol. The minimum atomic E-state index is 0.0251. The van der Waals surface area contributed by atoms with E-state index in [-0.39, 0.29) is 5.78 Å². The second-order valence-electron chi connectivity index (χ2n) is 5.88. The summed E-state index contributed by atoms with van der Waals surface area (Å²) < 4.78 is 0.812. The van der Waals surface area contributed by atoms with Gasteiger partial charge in [-0.3, -0.25) is 4.79 Å². The second-order valence-corrected chi connectivity index (χ2v) is 6.74. The number of hydrogen-bond donors (Lipinski definition) is 0.